The van der Waals surface area contributed by atoms with Gasteiger partial charge in [-0.3, -0.25) is 9.59 Å². The fourth-order valence-corrected chi connectivity index (χ4v) is 3.69. The minimum absolute atomic E-state index is 0.191. The number of anilines is 1. The number of methoxy groups -OCH3 is 2. The first-order valence-corrected chi connectivity index (χ1v) is 8.84. The van der Waals surface area contributed by atoms with E-state index >= 15 is 0 Å². The quantitative estimate of drug-likeness (QED) is 0.765. The molecular formula is C20H20ClNO5. The molecule has 0 aliphatic carbocycles. The highest BCUT2D eigenvalue weighted by Crippen LogP contribution is 2.51. The van der Waals surface area contributed by atoms with Crippen LogP contribution in [0.5, 0.6) is 11.5 Å². The van der Waals surface area contributed by atoms with Gasteiger partial charge in [0.05, 0.1) is 27.2 Å². The first kappa shape index (κ1) is 19.0. The van der Waals surface area contributed by atoms with E-state index in [1.807, 2.05) is 0 Å². The summed E-state index contributed by atoms with van der Waals surface area (Å²) < 4.78 is 16.1. The summed E-state index contributed by atoms with van der Waals surface area (Å²) in [6.07, 6.45) is -0.191. The summed E-state index contributed by atoms with van der Waals surface area (Å²) >= 11 is 6.20. The Morgan fingerprint density at radius 1 is 1.15 bits per heavy atom. The highest BCUT2D eigenvalue weighted by molar-refractivity contribution is 6.31. The van der Waals surface area contributed by atoms with E-state index in [0.29, 0.717) is 33.3 Å². The maximum atomic E-state index is 13.2. The van der Waals surface area contributed by atoms with Crippen molar-refractivity contribution in [1.82, 2.24) is 0 Å². The van der Waals surface area contributed by atoms with Crippen LogP contribution >= 0.6 is 11.6 Å². The van der Waals surface area contributed by atoms with Crippen LogP contribution in [0.4, 0.5) is 5.69 Å². The lowest BCUT2D eigenvalue weighted by atomic mass is 9.72. The number of fused-ring (bicyclic) bond motifs is 1. The summed E-state index contributed by atoms with van der Waals surface area (Å²) in [5.41, 5.74) is 0.362. The second kappa shape index (κ2) is 7.48. The van der Waals surface area contributed by atoms with Crippen molar-refractivity contribution < 1.29 is 23.8 Å². The van der Waals surface area contributed by atoms with Crippen molar-refractivity contribution >= 4 is 29.2 Å². The maximum Gasteiger partial charge on any atom is 0.307 e. The lowest BCUT2D eigenvalue weighted by Crippen LogP contribution is -2.39. The van der Waals surface area contributed by atoms with Crippen LogP contribution in [0.2, 0.25) is 5.02 Å². The molecule has 7 heteroatoms. The molecule has 0 bridgehead atoms. The van der Waals surface area contributed by atoms with E-state index in [2.05, 4.69) is 5.32 Å². The molecule has 1 heterocycles. The van der Waals surface area contributed by atoms with Crippen LogP contribution in [0.25, 0.3) is 0 Å². The van der Waals surface area contributed by atoms with E-state index in [-0.39, 0.29) is 18.9 Å². The Hall–Kier alpha value is -2.73. The molecule has 0 saturated heterocycles. The zero-order chi connectivity index (χ0) is 19.6. The fraction of sp³-hybridized carbons (Fsp3) is 0.300. The molecule has 1 aliphatic heterocycles. The van der Waals surface area contributed by atoms with Crippen molar-refractivity contribution in [2.24, 2.45) is 0 Å². The van der Waals surface area contributed by atoms with Gasteiger partial charge in [-0.15, -0.1) is 0 Å². The van der Waals surface area contributed by atoms with Crippen LogP contribution in [-0.4, -0.2) is 32.7 Å². The summed E-state index contributed by atoms with van der Waals surface area (Å²) in [5.74, 6) is -0.00138. The van der Waals surface area contributed by atoms with E-state index in [1.165, 1.54) is 14.2 Å². The van der Waals surface area contributed by atoms with Crippen molar-refractivity contribution in [1.29, 1.82) is 0 Å². The van der Waals surface area contributed by atoms with Gasteiger partial charge >= 0.3 is 5.97 Å². The number of rotatable bonds is 6. The lowest BCUT2D eigenvalue weighted by Gasteiger charge is -2.29. The Morgan fingerprint density at radius 2 is 1.93 bits per heavy atom. The van der Waals surface area contributed by atoms with E-state index in [1.54, 1.807) is 43.3 Å². The molecule has 6 nitrogen and oxygen atoms in total. The number of para-hydroxylation sites is 1. The third kappa shape index (κ3) is 3.10. The van der Waals surface area contributed by atoms with E-state index < -0.39 is 11.4 Å². The molecule has 1 N–H and O–H groups in total. The molecule has 1 unspecified atom stereocenters. The number of ether oxygens (including phenoxy) is 3. The van der Waals surface area contributed by atoms with Gasteiger partial charge in [-0.1, -0.05) is 23.7 Å². The lowest BCUT2D eigenvalue weighted by molar-refractivity contribution is -0.145. The Kier molecular flexibility index (Phi) is 5.28. The number of benzene rings is 2. The average molecular weight is 390 g/mol. The molecule has 0 spiro atoms. The van der Waals surface area contributed by atoms with Crippen LogP contribution in [0.3, 0.4) is 0 Å². The molecule has 3 rings (SSSR count). The van der Waals surface area contributed by atoms with Crippen molar-refractivity contribution in [3.63, 3.8) is 0 Å². The normalized spacial score (nSPS) is 17.9. The smallest absolute Gasteiger partial charge is 0.307 e. The topological polar surface area (TPSA) is 73.9 Å². The highest BCUT2D eigenvalue weighted by Gasteiger charge is 2.52. The molecule has 1 aliphatic rings. The van der Waals surface area contributed by atoms with Crippen molar-refractivity contribution in [2.75, 3.05) is 26.1 Å². The first-order valence-electron chi connectivity index (χ1n) is 8.46. The Labute approximate surface area is 162 Å². The van der Waals surface area contributed by atoms with E-state index in [4.69, 9.17) is 25.8 Å². The predicted molar refractivity (Wildman–Crippen MR) is 102 cm³/mol. The SMILES string of the molecule is CCOC(=O)CC1(c2cccc(OC)c2OC)C(=O)Nc2ccc(Cl)cc21. The Morgan fingerprint density at radius 3 is 2.59 bits per heavy atom. The number of hydrogen-bond donors (Lipinski definition) is 1. The monoisotopic (exact) mass is 389 g/mol. The van der Waals surface area contributed by atoms with Gasteiger partial charge in [0.15, 0.2) is 11.5 Å². The number of nitrogens with one attached hydrogen (secondary N) is 1. The molecule has 0 radical (unpaired) electrons. The maximum absolute atomic E-state index is 13.2. The van der Waals surface area contributed by atoms with Gasteiger partial charge in [0.2, 0.25) is 5.91 Å². The first-order chi connectivity index (χ1) is 13.0. The minimum Gasteiger partial charge on any atom is -0.493 e. The molecule has 2 aromatic rings. The number of amides is 1. The Bertz CT molecular complexity index is 898. The highest BCUT2D eigenvalue weighted by atomic mass is 35.5. The largest absolute Gasteiger partial charge is 0.493 e. The van der Waals surface area contributed by atoms with Gasteiger partial charge in [0, 0.05) is 16.3 Å². The van der Waals surface area contributed by atoms with Gasteiger partial charge in [-0.05, 0) is 36.8 Å². The predicted octanol–water partition coefficient (Wildman–Crippen LogP) is 3.55. The molecule has 1 atom stereocenters. The van der Waals surface area contributed by atoms with Crippen LogP contribution in [0.15, 0.2) is 36.4 Å². The summed E-state index contributed by atoms with van der Waals surface area (Å²) in [6.45, 7) is 1.93. The van der Waals surface area contributed by atoms with Gasteiger partial charge in [0.1, 0.15) is 5.41 Å². The summed E-state index contributed by atoms with van der Waals surface area (Å²) in [4.78, 5) is 25.7. The molecule has 27 heavy (non-hydrogen) atoms. The number of hydrogen-bond acceptors (Lipinski definition) is 5. The zero-order valence-electron chi connectivity index (χ0n) is 15.3. The summed E-state index contributed by atoms with van der Waals surface area (Å²) in [6, 6.07) is 10.3. The van der Waals surface area contributed by atoms with E-state index in [0.717, 1.165) is 0 Å². The summed E-state index contributed by atoms with van der Waals surface area (Å²) in [5, 5.41) is 3.31. The third-order valence-corrected chi connectivity index (χ3v) is 4.89. The Balaban J connectivity index is 2.31. The van der Waals surface area contributed by atoms with Crippen LogP contribution < -0.4 is 14.8 Å². The molecule has 142 valence electrons. The van der Waals surface area contributed by atoms with Crippen LogP contribution in [0, 0.1) is 0 Å². The van der Waals surface area contributed by atoms with Gasteiger partial charge < -0.3 is 19.5 Å². The standard InChI is InChI=1S/C20H20ClNO5/c1-4-27-17(23)11-20(13-6-5-7-16(25-2)18(13)26-3)14-10-12(21)8-9-15(14)22-19(20)24/h5-10H,4,11H2,1-3H3,(H,22,24). The molecule has 1 amide bonds. The number of carbonyl (C=O) groups excluding carboxylic acids is 2. The molecule has 0 aromatic heterocycles. The zero-order valence-corrected chi connectivity index (χ0v) is 16.1. The van der Waals surface area contributed by atoms with Crippen molar-refractivity contribution in [3.8, 4) is 11.5 Å². The van der Waals surface area contributed by atoms with Gasteiger partial charge in [0.25, 0.3) is 0 Å². The molecule has 0 saturated carbocycles. The second-order valence-corrected chi connectivity index (χ2v) is 6.51. The average Bonchev–Trinajstić information content (AvgIpc) is 2.93. The van der Waals surface area contributed by atoms with Gasteiger partial charge in [-0.2, -0.15) is 0 Å². The van der Waals surface area contributed by atoms with Crippen molar-refractivity contribution in [2.45, 2.75) is 18.8 Å². The van der Waals surface area contributed by atoms with Crippen molar-refractivity contribution in [3.05, 3.63) is 52.5 Å². The second-order valence-electron chi connectivity index (χ2n) is 6.07. The fourth-order valence-electron chi connectivity index (χ4n) is 3.52. The number of esters is 1. The van der Waals surface area contributed by atoms with E-state index in [9.17, 15) is 9.59 Å². The molecule has 0 fully saturated rings. The van der Waals surface area contributed by atoms with Gasteiger partial charge in [-0.25, -0.2) is 0 Å². The third-order valence-electron chi connectivity index (χ3n) is 4.65. The van der Waals surface area contributed by atoms with Crippen LogP contribution in [0.1, 0.15) is 24.5 Å². The molecule has 2 aromatic carbocycles. The molecular weight excluding hydrogens is 370 g/mol. The number of carbonyl (C=O) groups is 2. The number of halogens is 1. The van der Waals surface area contributed by atoms with Crippen LogP contribution in [-0.2, 0) is 19.7 Å². The minimum atomic E-state index is -1.34. The summed E-state index contributed by atoms with van der Waals surface area (Å²) in [7, 11) is 3.00.